The second-order valence-electron chi connectivity index (χ2n) is 4.67. The van der Waals surface area contributed by atoms with Gasteiger partial charge in [0.2, 0.25) is 0 Å². The molecular weight excluding hydrogens is 337 g/mol. The molecule has 8 nitrogen and oxygen atoms in total. The largest absolute Gasteiger partial charge is 0.268 e. The lowest BCUT2D eigenvalue weighted by molar-refractivity contribution is 0.0977. The summed E-state index contributed by atoms with van der Waals surface area (Å²) in [7, 11) is -4.19. The summed E-state index contributed by atoms with van der Waals surface area (Å²) in [5.41, 5.74) is 0.0268. The van der Waals surface area contributed by atoms with Gasteiger partial charge in [-0.3, -0.25) is 4.79 Å². The second kappa shape index (κ2) is 6.16. The summed E-state index contributed by atoms with van der Waals surface area (Å²) >= 11 is 0. The van der Waals surface area contributed by atoms with Crippen molar-refractivity contribution in [3.05, 3.63) is 66.2 Å². The van der Waals surface area contributed by atoms with E-state index in [9.17, 15) is 17.6 Å². The highest BCUT2D eigenvalue weighted by Gasteiger charge is 2.21. The Morgan fingerprint density at radius 3 is 2.62 bits per heavy atom. The van der Waals surface area contributed by atoms with Crippen LogP contribution in [0.2, 0.25) is 0 Å². The number of carbonyl (C=O) groups excluding carboxylic acids is 1. The minimum Gasteiger partial charge on any atom is -0.268 e. The lowest BCUT2D eigenvalue weighted by Gasteiger charge is -2.08. The van der Waals surface area contributed by atoms with Crippen LogP contribution in [0.3, 0.4) is 0 Å². The van der Waals surface area contributed by atoms with Crippen LogP contribution in [0, 0.1) is 5.82 Å². The minimum atomic E-state index is -4.19. The number of sulfonamides is 1. The van der Waals surface area contributed by atoms with Gasteiger partial charge in [-0.1, -0.05) is 18.2 Å². The number of hydrogen-bond acceptors (Lipinski definition) is 6. The van der Waals surface area contributed by atoms with Crippen molar-refractivity contribution in [2.75, 3.05) is 0 Å². The molecule has 10 heteroatoms. The van der Waals surface area contributed by atoms with Gasteiger partial charge >= 0.3 is 0 Å². The molecule has 0 radical (unpaired) electrons. The SMILES string of the molecule is O=C(NS(=O)(=O)c1cccc(-n2cnnn2)c1)c1ccccc1F. The van der Waals surface area contributed by atoms with E-state index in [0.717, 1.165) is 6.07 Å². The van der Waals surface area contributed by atoms with Crippen LogP contribution in [-0.2, 0) is 10.0 Å². The molecule has 0 saturated heterocycles. The van der Waals surface area contributed by atoms with Gasteiger partial charge in [0.25, 0.3) is 15.9 Å². The zero-order chi connectivity index (χ0) is 17.2. The van der Waals surface area contributed by atoms with E-state index in [1.54, 1.807) is 6.07 Å². The van der Waals surface area contributed by atoms with Crippen LogP contribution < -0.4 is 4.72 Å². The summed E-state index contributed by atoms with van der Waals surface area (Å²) in [4.78, 5) is 11.8. The molecule has 0 saturated carbocycles. The van der Waals surface area contributed by atoms with E-state index in [1.807, 2.05) is 4.72 Å². The summed E-state index contributed by atoms with van der Waals surface area (Å²) in [5.74, 6) is -1.87. The second-order valence-corrected chi connectivity index (χ2v) is 6.35. The number of hydrogen-bond donors (Lipinski definition) is 1. The van der Waals surface area contributed by atoms with Crippen molar-refractivity contribution in [2.45, 2.75) is 4.90 Å². The van der Waals surface area contributed by atoms with Crippen molar-refractivity contribution in [1.82, 2.24) is 24.9 Å². The van der Waals surface area contributed by atoms with Gasteiger partial charge in [0, 0.05) is 0 Å². The molecule has 0 unspecified atom stereocenters. The minimum absolute atomic E-state index is 0.180. The van der Waals surface area contributed by atoms with E-state index in [1.165, 1.54) is 47.4 Å². The molecule has 122 valence electrons. The molecule has 2 aromatic carbocycles. The first-order valence-corrected chi connectivity index (χ1v) is 8.11. The molecule has 3 aromatic rings. The molecule has 1 heterocycles. The Kier molecular flexibility index (Phi) is 4.04. The summed E-state index contributed by atoms with van der Waals surface area (Å²) in [6.45, 7) is 0. The van der Waals surface area contributed by atoms with Crippen LogP contribution in [0.1, 0.15) is 10.4 Å². The zero-order valence-electron chi connectivity index (χ0n) is 12.0. The molecular formula is C14H10FN5O3S. The maximum Gasteiger partial charge on any atom is 0.267 e. The number of benzene rings is 2. The third-order valence-electron chi connectivity index (χ3n) is 3.09. The number of rotatable bonds is 4. The van der Waals surface area contributed by atoms with Gasteiger partial charge in [0.15, 0.2) is 0 Å². The van der Waals surface area contributed by atoms with Gasteiger partial charge < -0.3 is 0 Å². The molecule has 0 aliphatic heterocycles. The van der Waals surface area contributed by atoms with Gasteiger partial charge in [0.1, 0.15) is 12.1 Å². The Morgan fingerprint density at radius 2 is 1.92 bits per heavy atom. The van der Waals surface area contributed by atoms with Crippen LogP contribution in [0.5, 0.6) is 0 Å². The van der Waals surface area contributed by atoms with E-state index >= 15 is 0 Å². The average molecular weight is 347 g/mol. The van der Waals surface area contributed by atoms with Crippen LogP contribution in [0.15, 0.2) is 59.8 Å². The standard InChI is InChI=1S/C14H10FN5O3S/c15-13-7-2-1-6-12(13)14(21)17-24(22,23)11-5-3-4-10(8-11)20-9-16-18-19-20/h1-9H,(H,17,21). The van der Waals surface area contributed by atoms with E-state index in [2.05, 4.69) is 15.5 Å². The first-order chi connectivity index (χ1) is 11.5. The topological polar surface area (TPSA) is 107 Å². The predicted octanol–water partition coefficient (Wildman–Crippen LogP) is 0.920. The molecule has 0 aliphatic carbocycles. The van der Waals surface area contributed by atoms with Crippen molar-refractivity contribution >= 4 is 15.9 Å². The first-order valence-electron chi connectivity index (χ1n) is 6.62. The average Bonchev–Trinajstić information content (AvgIpc) is 3.09. The Bertz CT molecular complexity index is 989. The summed E-state index contributed by atoms with van der Waals surface area (Å²) < 4.78 is 41.4. The molecule has 0 bridgehead atoms. The fourth-order valence-electron chi connectivity index (χ4n) is 1.95. The molecule has 3 rings (SSSR count). The highest BCUT2D eigenvalue weighted by molar-refractivity contribution is 7.90. The van der Waals surface area contributed by atoms with Crippen LogP contribution in [-0.4, -0.2) is 34.5 Å². The van der Waals surface area contributed by atoms with Crippen LogP contribution in [0.4, 0.5) is 4.39 Å². The highest BCUT2D eigenvalue weighted by atomic mass is 32.2. The molecule has 0 aliphatic rings. The Balaban J connectivity index is 1.90. The number of tetrazole rings is 1. The van der Waals surface area contributed by atoms with Gasteiger partial charge in [-0.2, -0.15) is 0 Å². The lowest BCUT2D eigenvalue weighted by Crippen LogP contribution is -2.31. The van der Waals surface area contributed by atoms with Gasteiger partial charge in [-0.15, -0.1) is 5.10 Å². The summed E-state index contributed by atoms with van der Waals surface area (Å²) in [6, 6.07) is 10.7. The lowest BCUT2D eigenvalue weighted by atomic mass is 10.2. The van der Waals surface area contributed by atoms with Crippen LogP contribution in [0.25, 0.3) is 5.69 Å². The number of carbonyl (C=O) groups is 1. The van der Waals surface area contributed by atoms with Gasteiger partial charge in [0.05, 0.1) is 16.1 Å². The number of nitrogens with zero attached hydrogens (tertiary/aromatic N) is 4. The molecule has 0 atom stereocenters. The Labute approximate surface area is 136 Å². The van der Waals surface area contributed by atoms with E-state index < -0.39 is 21.7 Å². The Hall–Kier alpha value is -3.14. The molecule has 24 heavy (non-hydrogen) atoms. The third-order valence-corrected chi connectivity index (χ3v) is 4.42. The maximum atomic E-state index is 13.6. The van der Waals surface area contributed by atoms with Crippen molar-refractivity contribution in [2.24, 2.45) is 0 Å². The molecule has 0 fully saturated rings. The quantitative estimate of drug-likeness (QED) is 0.752. The van der Waals surface area contributed by atoms with Crippen molar-refractivity contribution < 1.29 is 17.6 Å². The van der Waals surface area contributed by atoms with E-state index in [4.69, 9.17) is 0 Å². The molecule has 1 amide bonds. The first kappa shape index (κ1) is 15.7. The van der Waals surface area contributed by atoms with Gasteiger partial charge in [-0.25, -0.2) is 22.2 Å². The smallest absolute Gasteiger partial charge is 0.267 e. The molecule has 0 spiro atoms. The number of nitrogens with one attached hydrogen (secondary N) is 1. The maximum absolute atomic E-state index is 13.6. The summed E-state index contributed by atoms with van der Waals surface area (Å²) in [6.07, 6.45) is 1.30. The van der Waals surface area contributed by atoms with E-state index in [-0.39, 0.29) is 10.5 Å². The molecule has 1 aromatic heterocycles. The van der Waals surface area contributed by atoms with Crippen molar-refractivity contribution in [3.63, 3.8) is 0 Å². The molecule has 1 N–H and O–H groups in total. The highest BCUT2D eigenvalue weighted by Crippen LogP contribution is 2.15. The number of amides is 1. The van der Waals surface area contributed by atoms with E-state index in [0.29, 0.717) is 5.69 Å². The monoisotopic (exact) mass is 347 g/mol. The predicted molar refractivity (Wildman–Crippen MR) is 80.2 cm³/mol. The fourth-order valence-corrected chi connectivity index (χ4v) is 2.96. The van der Waals surface area contributed by atoms with Crippen molar-refractivity contribution in [1.29, 1.82) is 0 Å². The normalized spacial score (nSPS) is 11.2. The zero-order valence-corrected chi connectivity index (χ0v) is 12.8. The van der Waals surface area contributed by atoms with Gasteiger partial charge in [-0.05, 0) is 40.8 Å². The van der Waals surface area contributed by atoms with Crippen molar-refractivity contribution in [3.8, 4) is 5.69 Å². The number of halogens is 1. The van der Waals surface area contributed by atoms with Crippen LogP contribution >= 0.6 is 0 Å². The third kappa shape index (κ3) is 3.13. The summed E-state index contributed by atoms with van der Waals surface area (Å²) in [5, 5.41) is 10.6. The Morgan fingerprint density at radius 1 is 1.12 bits per heavy atom. The number of aromatic nitrogens is 4. The fraction of sp³-hybridized carbons (Fsp3) is 0.